The third-order valence-corrected chi connectivity index (χ3v) is 5.39. The second-order valence-corrected chi connectivity index (χ2v) is 7.71. The Kier molecular flexibility index (Phi) is 8.78. The van der Waals surface area contributed by atoms with Gasteiger partial charge in [0.05, 0.1) is 7.11 Å². The van der Waals surface area contributed by atoms with E-state index in [9.17, 15) is 9.59 Å². The molecule has 32 heavy (non-hydrogen) atoms. The Morgan fingerprint density at radius 3 is 2.44 bits per heavy atom. The van der Waals surface area contributed by atoms with E-state index in [4.69, 9.17) is 9.47 Å². The number of nitrogens with zero attached hydrogens (tertiary/aromatic N) is 2. The first-order valence-electron chi connectivity index (χ1n) is 10.8. The van der Waals surface area contributed by atoms with E-state index in [1.807, 2.05) is 30.3 Å². The Balaban J connectivity index is 1.57. The summed E-state index contributed by atoms with van der Waals surface area (Å²) in [6, 6.07) is 14.8. The molecule has 0 radical (unpaired) electrons. The predicted octanol–water partition coefficient (Wildman–Crippen LogP) is 3.40. The summed E-state index contributed by atoms with van der Waals surface area (Å²) in [6.45, 7) is 5.12. The molecule has 0 N–H and O–H groups in total. The molecular formula is C26H30N2O4. The third-order valence-electron chi connectivity index (χ3n) is 5.39. The minimum absolute atomic E-state index is 0.124. The number of carbonyl (C=O) groups excluding carboxylic acids is 2. The van der Waals surface area contributed by atoms with Gasteiger partial charge < -0.3 is 14.4 Å². The molecule has 0 aromatic heterocycles. The van der Waals surface area contributed by atoms with Gasteiger partial charge in [0.15, 0.2) is 5.78 Å². The number of ether oxygens (including phenoxy) is 2. The Hall–Kier alpha value is -3.22. The molecule has 6 nitrogen and oxygen atoms in total. The van der Waals surface area contributed by atoms with Crippen molar-refractivity contribution in [2.24, 2.45) is 0 Å². The van der Waals surface area contributed by atoms with Crippen molar-refractivity contribution < 1.29 is 19.1 Å². The number of likely N-dealkylation sites (N-methyl/N-ethyl adjacent to an activating group) is 1. The highest BCUT2D eigenvalue weighted by Crippen LogP contribution is 2.22. The van der Waals surface area contributed by atoms with Crippen LogP contribution in [-0.2, 0) is 9.53 Å². The standard InChI is InChI=1S/C26H30N2O4/c1-27-14-16-28(17-15-27)18-19-32-26(30)13-10-23-20-22(9-12-25(23)31-2)24(29)11-8-21-6-4-3-5-7-21/h3-13,20H,14-19H2,1-2H3. The van der Waals surface area contributed by atoms with Crippen molar-refractivity contribution in [1.82, 2.24) is 9.80 Å². The first kappa shape index (κ1) is 23.4. The van der Waals surface area contributed by atoms with Crippen LogP contribution in [0.4, 0.5) is 0 Å². The van der Waals surface area contributed by atoms with Gasteiger partial charge in [-0.25, -0.2) is 4.79 Å². The molecule has 0 saturated carbocycles. The number of rotatable bonds is 9. The van der Waals surface area contributed by atoms with Crippen LogP contribution in [0.25, 0.3) is 12.2 Å². The quantitative estimate of drug-likeness (QED) is 0.343. The summed E-state index contributed by atoms with van der Waals surface area (Å²) >= 11 is 0. The largest absolute Gasteiger partial charge is 0.496 e. The lowest BCUT2D eigenvalue weighted by Crippen LogP contribution is -2.45. The average molecular weight is 435 g/mol. The Labute approximate surface area is 189 Å². The molecule has 168 valence electrons. The van der Waals surface area contributed by atoms with Crippen molar-refractivity contribution in [2.45, 2.75) is 0 Å². The zero-order valence-electron chi connectivity index (χ0n) is 18.7. The molecule has 1 saturated heterocycles. The van der Waals surface area contributed by atoms with Gasteiger partial charge in [-0.15, -0.1) is 0 Å². The smallest absolute Gasteiger partial charge is 0.330 e. The van der Waals surface area contributed by atoms with Crippen LogP contribution in [0.2, 0.25) is 0 Å². The third kappa shape index (κ3) is 7.18. The van der Waals surface area contributed by atoms with Gasteiger partial charge in [-0.1, -0.05) is 36.4 Å². The predicted molar refractivity (Wildman–Crippen MR) is 127 cm³/mol. The zero-order valence-corrected chi connectivity index (χ0v) is 18.7. The SMILES string of the molecule is COc1ccc(C(=O)C=Cc2ccccc2)cc1C=CC(=O)OCCN1CCN(C)CC1. The van der Waals surface area contributed by atoms with Gasteiger partial charge in [-0.3, -0.25) is 9.69 Å². The molecule has 0 amide bonds. The molecule has 0 spiro atoms. The first-order chi connectivity index (χ1) is 15.5. The highest BCUT2D eigenvalue weighted by atomic mass is 16.5. The van der Waals surface area contributed by atoms with Crippen LogP contribution in [-0.4, -0.2) is 75.0 Å². The Morgan fingerprint density at radius 2 is 1.72 bits per heavy atom. The number of hydrogen-bond acceptors (Lipinski definition) is 6. The molecule has 2 aromatic rings. The Bertz CT molecular complexity index is 961. The van der Waals surface area contributed by atoms with Crippen LogP contribution in [0.3, 0.4) is 0 Å². The lowest BCUT2D eigenvalue weighted by molar-refractivity contribution is -0.138. The van der Waals surface area contributed by atoms with E-state index in [1.165, 1.54) is 12.2 Å². The number of esters is 1. The van der Waals surface area contributed by atoms with Crippen molar-refractivity contribution in [3.63, 3.8) is 0 Å². The molecule has 0 bridgehead atoms. The summed E-state index contributed by atoms with van der Waals surface area (Å²) in [5.41, 5.74) is 2.11. The maximum absolute atomic E-state index is 12.6. The summed E-state index contributed by atoms with van der Waals surface area (Å²) in [6.07, 6.45) is 6.31. The second kappa shape index (κ2) is 12.0. The van der Waals surface area contributed by atoms with E-state index in [0.29, 0.717) is 23.5 Å². The van der Waals surface area contributed by atoms with Crippen LogP contribution in [0, 0.1) is 0 Å². The van der Waals surface area contributed by atoms with Gasteiger partial charge in [-0.05, 0) is 43.0 Å². The average Bonchev–Trinajstić information content (AvgIpc) is 2.83. The number of ketones is 1. The van der Waals surface area contributed by atoms with Gasteiger partial charge in [0.25, 0.3) is 0 Å². The van der Waals surface area contributed by atoms with Gasteiger partial charge in [-0.2, -0.15) is 0 Å². The van der Waals surface area contributed by atoms with E-state index in [0.717, 1.165) is 38.3 Å². The number of carbonyl (C=O) groups is 2. The maximum atomic E-state index is 12.6. The Morgan fingerprint density at radius 1 is 0.969 bits per heavy atom. The van der Waals surface area contributed by atoms with E-state index in [2.05, 4.69) is 16.8 Å². The van der Waals surface area contributed by atoms with Crippen LogP contribution in [0.5, 0.6) is 5.75 Å². The van der Waals surface area contributed by atoms with Crippen LogP contribution >= 0.6 is 0 Å². The molecule has 1 aliphatic heterocycles. The topological polar surface area (TPSA) is 59.1 Å². The van der Waals surface area contributed by atoms with Crippen LogP contribution in [0.15, 0.2) is 60.7 Å². The normalized spacial score (nSPS) is 15.3. The van der Waals surface area contributed by atoms with Gasteiger partial charge >= 0.3 is 5.97 Å². The van der Waals surface area contributed by atoms with Crippen molar-refractivity contribution in [3.8, 4) is 5.75 Å². The minimum atomic E-state index is -0.415. The molecule has 1 aliphatic rings. The molecule has 0 atom stereocenters. The molecule has 6 heteroatoms. The van der Waals surface area contributed by atoms with Gasteiger partial charge in [0.1, 0.15) is 12.4 Å². The second-order valence-electron chi connectivity index (χ2n) is 7.71. The molecular weight excluding hydrogens is 404 g/mol. The first-order valence-corrected chi connectivity index (χ1v) is 10.8. The molecule has 1 fully saturated rings. The summed E-state index contributed by atoms with van der Waals surface area (Å²) in [5, 5.41) is 0. The summed E-state index contributed by atoms with van der Waals surface area (Å²) in [4.78, 5) is 29.3. The summed E-state index contributed by atoms with van der Waals surface area (Å²) in [7, 11) is 3.66. The lowest BCUT2D eigenvalue weighted by atomic mass is 10.0. The fourth-order valence-corrected chi connectivity index (χ4v) is 3.40. The van der Waals surface area contributed by atoms with Gasteiger partial charge in [0, 0.05) is 49.9 Å². The van der Waals surface area contributed by atoms with Crippen molar-refractivity contribution in [3.05, 3.63) is 77.4 Å². The summed E-state index contributed by atoms with van der Waals surface area (Å²) < 4.78 is 10.7. The van der Waals surface area contributed by atoms with Crippen molar-refractivity contribution in [1.29, 1.82) is 0 Å². The molecule has 2 aromatic carbocycles. The maximum Gasteiger partial charge on any atom is 0.330 e. The van der Waals surface area contributed by atoms with Crippen LogP contribution < -0.4 is 4.74 Å². The minimum Gasteiger partial charge on any atom is -0.496 e. The van der Waals surface area contributed by atoms with E-state index in [-0.39, 0.29) is 5.78 Å². The number of methoxy groups -OCH3 is 1. The molecule has 3 rings (SSSR count). The fraction of sp³-hybridized carbons (Fsp3) is 0.308. The van der Waals surface area contributed by atoms with Crippen molar-refractivity contribution >= 4 is 23.9 Å². The fourth-order valence-electron chi connectivity index (χ4n) is 3.40. The zero-order chi connectivity index (χ0) is 22.8. The van der Waals surface area contributed by atoms with Crippen molar-refractivity contribution in [2.75, 3.05) is 53.5 Å². The number of hydrogen-bond donors (Lipinski definition) is 0. The molecule has 1 heterocycles. The van der Waals surface area contributed by atoms with E-state index in [1.54, 1.807) is 37.5 Å². The number of allylic oxidation sites excluding steroid dienone is 1. The lowest BCUT2D eigenvalue weighted by Gasteiger charge is -2.31. The molecule has 0 aliphatic carbocycles. The number of benzene rings is 2. The van der Waals surface area contributed by atoms with Gasteiger partial charge in [0.2, 0.25) is 0 Å². The van der Waals surface area contributed by atoms with E-state index >= 15 is 0 Å². The monoisotopic (exact) mass is 434 g/mol. The highest BCUT2D eigenvalue weighted by Gasteiger charge is 2.13. The van der Waals surface area contributed by atoms with Crippen LogP contribution in [0.1, 0.15) is 21.5 Å². The highest BCUT2D eigenvalue weighted by molar-refractivity contribution is 6.07. The van der Waals surface area contributed by atoms with E-state index < -0.39 is 5.97 Å². The summed E-state index contributed by atoms with van der Waals surface area (Å²) in [5.74, 6) is 0.0397. The molecule has 0 unspecified atom stereocenters. The number of piperazine rings is 1.